The molecule has 1 N–H and O–H groups in total. The lowest BCUT2D eigenvalue weighted by Gasteiger charge is -2.25. The van der Waals surface area contributed by atoms with Gasteiger partial charge in [0.15, 0.2) is 17.3 Å². The van der Waals surface area contributed by atoms with Gasteiger partial charge in [-0.15, -0.1) is 0 Å². The third-order valence-corrected chi connectivity index (χ3v) is 5.77. The molecule has 7 heteroatoms. The minimum absolute atomic E-state index is 0.0299. The summed E-state index contributed by atoms with van der Waals surface area (Å²) in [6, 6.07) is 11.8. The van der Waals surface area contributed by atoms with E-state index in [1.54, 1.807) is 37.3 Å². The van der Waals surface area contributed by atoms with Gasteiger partial charge in [-0.1, -0.05) is 51.1 Å². The number of carbonyl (C=O) groups is 3. The number of amides is 3. The molecule has 0 radical (unpaired) electrons. The van der Waals surface area contributed by atoms with Crippen LogP contribution in [0.1, 0.15) is 49.2 Å². The van der Waals surface area contributed by atoms with E-state index in [1.807, 2.05) is 12.1 Å². The summed E-state index contributed by atoms with van der Waals surface area (Å²) >= 11 is 0. The van der Waals surface area contributed by atoms with Crippen molar-refractivity contribution in [3.8, 4) is 11.5 Å². The van der Waals surface area contributed by atoms with Crippen molar-refractivity contribution in [1.82, 2.24) is 10.2 Å². The Morgan fingerprint density at radius 2 is 1.68 bits per heavy atom. The lowest BCUT2D eigenvalue weighted by atomic mass is 9.86. The number of carbonyl (C=O) groups excluding carboxylic acids is 3. The fourth-order valence-electron chi connectivity index (χ4n) is 3.78. The second kappa shape index (κ2) is 7.41. The van der Waals surface area contributed by atoms with Crippen LogP contribution in [-0.2, 0) is 15.7 Å². The molecule has 31 heavy (non-hydrogen) atoms. The van der Waals surface area contributed by atoms with Gasteiger partial charge in [-0.05, 0) is 35.6 Å². The number of nitrogens with zero attached hydrogens (tertiary/aromatic N) is 1. The first-order valence-electron chi connectivity index (χ1n) is 10.3. The van der Waals surface area contributed by atoms with E-state index in [-0.39, 0.29) is 17.7 Å². The van der Waals surface area contributed by atoms with Crippen LogP contribution in [0, 0.1) is 0 Å². The largest absolute Gasteiger partial charge is 0.486 e. The van der Waals surface area contributed by atoms with Crippen molar-refractivity contribution in [3.63, 3.8) is 0 Å². The van der Waals surface area contributed by atoms with Crippen molar-refractivity contribution in [1.29, 1.82) is 0 Å². The summed E-state index contributed by atoms with van der Waals surface area (Å²) in [7, 11) is 0. The van der Waals surface area contributed by atoms with Gasteiger partial charge < -0.3 is 14.8 Å². The van der Waals surface area contributed by atoms with Crippen LogP contribution < -0.4 is 14.8 Å². The summed E-state index contributed by atoms with van der Waals surface area (Å²) in [5.41, 5.74) is 0.813. The van der Waals surface area contributed by atoms with E-state index in [0.717, 1.165) is 10.5 Å². The Morgan fingerprint density at radius 3 is 2.32 bits per heavy atom. The van der Waals surface area contributed by atoms with E-state index in [2.05, 4.69) is 26.1 Å². The molecule has 0 bridgehead atoms. The molecule has 3 amide bonds. The maximum Gasteiger partial charge on any atom is 0.325 e. The molecule has 4 rings (SSSR count). The Balaban J connectivity index is 1.53. The summed E-state index contributed by atoms with van der Waals surface area (Å²) in [6.45, 7) is 8.47. The Kier molecular flexibility index (Phi) is 5.00. The maximum atomic E-state index is 13.2. The van der Waals surface area contributed by atoms with Gasteiger partial charge in [0.25, 0.3) is 5.91 Å². The van der Waals surface area contributed by atoms with E-state index < -0.39 is 17.5 Å². The van der Waals surface area contributed by atoms with Crippen molar-refractivity contribution in [3.05, 3.63) is 59.2 Å². The van der Waals surface area contributed by atoms with Gasteiger partial charge in [0, 0.05) is 5.56 Å². The summed E-state index contributed by atoms with van der Waals surface area (Å²) in [5.74, 6) is 0.353. The molecule has 7 nitrogen and oxygen atoms in total. The molecule has 0 saturated carbocycles. The standard InChI is InChI=1S/C24H26N2O5/c1-23(2,3)16-7-5-15(6-8-16)18(27)14-26-21(28)24(4,25-22(26)29)17-9-10-19-20(13-17)31-12-11-30-19/h5-10,13H,11-12,14H2,1-4H3,(H,25,29)/t24-/m0/s1. The van der Waals surface area contributed by atoms with Crippen molar-refractivity contribution in [2.45, 2.75) is 38.6 Å². The number of ketones is 1. The van der Waals surface area contributed by atoms with E-state index in [0.29, 0.717) is 35.8 Å². The molecule has 2 aromatic carbocycles. The van der Waals surface area contributed by atoms with Crippen molar-refractivity contribution in [2.75, 3.05) is 19.8 Å². The van der Waals surface area contributed by atoms with Gasteiger partial charge in [0.1, 0.15) is 18.8 Å². The van der Waals surface area contributed by atoms with Gasteiger partial charge in [0.2, 0.25) is 0 Å². The minimum atomic E-state index is -1.29. The van der Waals surface area contributed by atoms with E-state index in [9.17, 15) is 14.4 Å². The number of benzene rings is 2. The lowest BCUT2D eigenvalue weighted by molar-refractivity contribution is -0.130. The van der Waals surface area contributed by atoms with Crippen LogP contribution in [0.25, 0.3) is 0 Å². The third kappa shape index (κ3) is 3.76. The van der Waals surface area contributed by atoms with Crippen LogP contribution in [0.5, 0.6) is 11.5 Å². The van der Waals surface area contributed by atoms with Gasteiger partial charge in [-0.2, -0.15) is 0 Å². The Hall–Kier alpha value is -3.35. The molecule has 0 unspecified atom stereocenters. The van der Waals surface area contributed by atoms with E-state index in [1.165, 1.54) is 0 Å². The first-order chi connectivity index (χ1) is 14.6. The predicted molar refractivity (Wildman–Crippen MR) is 115 cm³/mol. The number of ether oxygens (including phenoxy) is 2. The quantitative estimate of drug-likeness (QED) is 0.603. The predicted octanol–water partition coefficient (Wildman–Crippen LogP) is 3.41. The molecular weight excluding hydrogens is 396 g/mol. The van der Waals surface area contributed by atoms with Gasteiger partial charge in [-0.25, -0.2) is 4.79 Å². The number of Topliss-reactive ketones (excluding diaryl/α,β-unsaturated/α-hetero) is 1. The Labute approximate surface area is 181 Å². The van der Waals surface area contributed by atoms with Crippen molar-refractivity contribution < 1.29 is 23.9 Å². The zero-order valence-electron chi connectivity index (χ0n) is 18.2. The van der Waals surface area contributed by atoms with Crippen molar-refractivity contribution >= 4 is 17.7 Å². The highest BCUT2D eigenvalue weighted by Crippen LogP contribution is 2.37. The number of fused-ring (bicyclic) bond motifs is 1. The summed E-state index contributed by atoms with van der Waals surface area (Å²) in [4.78, 5) is 39.5. The monoisotopic (exact) mass is 422 g/mol. The highest BCUT2D eigenvalue weighted by Gasteiger charge is 2.49. The average Bonchev–Trinajstić information content (AvgIpc) is 2.96. The SMILES string of the molecule is CC(C)(C)c1ccc(C(=O)CN2C(=O)N[C@@](C)(c3ccc4c(c3)OCCO4)C2=O)cc1. The number of imide groups is 1. The summed E-state index contributed by atoms with van der Waals surface area (Å²) in [6.07, 6.45) is 0. The highest BCUT2D eigenvalue weighted by atomic mass is 16.6. The molecule has 1 saturated heterocycles. The normalized spacial score (nSPS) is 20.6. The molecule has 0 aliphatic carbocycles. The molecular formula is C24H26N2O5. The second-order valence-electron chi connectivity index (χ2n) is 9.06. The molecule has 1 fully saturated rings. The number of hydrogen-bond acceptors (Lipinski definition) is 5. The minimum Gasteiger partial charge on any atom is -0.486 e. The lowest BCUT2D eigenvalue weighted by Crippen LogP contribution is -2.41. The maximum absolute atomic E-state index is 13.2. The first kappa shape index (κ1) is 20.9. The Morgan fingerprint density at radius 1 is 1.03 bits per heavy atom. The summed E-state index contributed by atoms with van der Waals surface area (Å²) < 4.78 is 11.1. The van der Waals surface area contributed by atoms with Crippen LogP contribution in [0.4, 0.5) is 4.79 Å². The smallest absolute Gasteiger partial charge is 0.325 e. The van der Waals surface area contributed by atoms with Gasteiger partial charge in [-0.3, -0.25) is 14.5 Å². The first-order valence-corrected chi connectivity index (χ1v) is 10.3. The molecule has 0 aromatic heterocycles. The molecule has 0 spiro atoms. The molecule has 2 aromatic rings. The van der Waals surface area contributed by atoms with Crippen LogP contribution in [0.15, 0.2) is 42.5 Å². The molecule has 2 aliphatic rings. The van der Waals surface area contributed by atoms with Crippen molar-refractivity contribution in [2.24, 2.45) is 0 Å². The molecule has 2 heterocycles. The number of urea groups is 1. The number of hydrogen-bond donors (Lipinski definition) is 1. The van der Waals surface area contributed by atoms with Crippen LogP contribution in [-0.4, -0.2) is 42.4 Å². The fraction of sp³-hybridized carbons (Fsp3) is 0.375. The zero-order valence-corrected chi connectivity index (χ0v) is 18.2. The van der Waals surface area contributed by atoms with Gasteiger partial charge in [0.05, 0.1) is 6.54 Å². The summed E-state index contributed by atoms with van der Waals surface area (Å²) in [5, 5.41) is 2.73. The van der Waals surface area contributed by atoms with E-state index >= 15 is 0 Å². The molecule has 1 atom stereocenters. The highest BCUT2D eigenvalue weighted by molar-refractivity contribution is 6.11. The topological polar surface area (TPSA) is 84.9 Å². The number of nitrogens with one attached hydrogen (secondary N) is 1. The zero-order chi connectivity index (χ0) is 22.4. The average molecular weight is 422 g/mol. The molecule has 162 valence electrons. The Bertz CT molecular complexity index is 1050. The number of rotatable bonds is 4. The molecule has 2 aliphatic heterocycles. The van der Waals surface area contributed by atoms with Crippen LogP contribution >= 0.6 is 0 Å². The van der Waals surface area contributed by atoms with Crippen LogP contribution in [0.2, 0.25) is 0 Å². The fourth-order valence-corrected chi connectivity index (χ4v) is 3.78. The third-order valence-electron chi connectivity index (χ3n) is 5.77. The second-order valence-corrected chi connectivity index (χ2v) is 9.06. The van der Waals surface area contributed by atoms with Gasteiger partial charge >= 0.3 is 6.03 Å². The van der Waals surface area contributed by atoms with Crippen LogP contribution in [0.3, 0.4) is 0 Å². The van der Waals surface area contributed by atoms with E-state index in [4.69, 9.17) is 9.47 Å².